The number of anilines is 1. The minimum absolute atomic E-state index is 0.130. The third-order valence-corrected chi connectivity index (χ3v) is 9.19. The normalized spacial score (nSPS) is 16.2. The number of carbonyl (C=O) groups excluding carboxylic acids is 2. The fourth-order valence-electron chi connectivity index (χ4n) is 5.02. The van der Waals surface area contributed by atoms with E-state index in [1.165, 1.54) is 47.1 Å². The molecule has 4 rings (SSSR count). The summed E-state index contributed by atoms with van der Waals surface area (Å²) in [6.07, 6.45) is 2.96. The summed E-state index contributed by atoms with van der Waals surface area (Å²) < 4.78 is 10.9. The highest BCUT2D eigenvalue weighted by molar-refractivity contribution is 7.14. The molecule has 0 unspecified atom stereocenters. The maximum atomic E-state index is 13.1. The summed E-state index contributed by atoms with van der Waals surface area (Å²) in [5.41, 5.74) is 5.89. The molecular weight excluding hydrogens is 482 g/mol. The number of thiophene rings is 1. The lowest BCUT2D eigenvalue weighted by Crippen LogP contribution is -2.34. The Morgan fingerprint density at radius 1 is 1.03 bits per heavy atom. The molecule has 0 aliphatic heterocycles. The number of esters is 1. The summed E-state index contributed by atoms with van der Waals surface area (Å²) in [5.74, 6) is 0.0889. The van der Waals surface area contributed by atoms with Gasteiger partial charge < -0.3 is 14.5 Å². The van der Waals surface area contributed by atoms with Gasteiger partial charge in [-0.05, 0) is 76.5 Å². The SMILES string of the molecule is COC(=O)c1sc(C(C)(C)C)cc1NC(=O)c1ccc(Cc2cc3c(cc2C)C(C)(C)CCC3(C)C)o1. The second-order valence-electron chi connectivity index (χ2n) is 12.6. The maximum absolute atomic E-state index is 13.1. The van der Waals surface area contributed by atoms with Crippen LogP contribution in [0.4, 0.5) is 5.69 Å². The van der Waals surface area contributed by atoms with Crippen molar-refractivity contribution in [3.63, 3.8) is 0 Å². The number of furan rings is 1. The molecule has 5 nitrogen and oxygen atoms in total. The zero-order chi connectivity index (χ0) is 27.3. The summed E-state index contributed by atoms with van der Waals surface area (Å²) in [5, 5.41) is 2.86. The van der Waals surface area contributed by atoms with Crippen molar-refractivity contribution in [2.75, 3.05) is 12.4 Å². The Kier molecular flexibility index (Phi) is 6.95. The fourth-order valence-corrected chi connectivity index (χ4v) is 6.11. The van der Waals surface area contributed by atoms with Crippen LogP contribution in [0.25, 0.3) is 0 Å². The van der Waals surface area contributed by atoms with Crippen LogP contribution in [0.1, 0.15) is 114 Å². The smallest absolute Gasteiger partial charge is 0.350 e. The van der Waals surface area contributed by atoms with E-state index in [0.717, 1.165) is 17.1 Å². The van der Waals surface area contributed by atoms with Gasteiger partial charge in [0.15, 0.2) is 5.76 Å². The van der Waals surface area contributed by atoms with Gasteiger partial charge in [0, 0.05) is 11.3 Å². The Hall–Kier alpha value is -2.86. The minimum Gasteiger partial charge on any atom is -0.465 e. The second kappa shape index (κ2) is 9.46. The standard InChI is InChI=1S/C31H39NO4S/c1-18-14-21-22(31(7,8)13-12-30(21,5)6)16-19(18)15-20-10-11-24(36-20)27(33)32-23-17-25(29(2,3)4)37-26(23)28(34)35-9/h10-11,14,16-17H,12-13,15H2,1-9H3,(H,32,33). The largest absolute Gasteiger partial charge is 0.465 e. The van der Waals surface area contributed by atoms with Gasteiger partial charge in [0.05, 0.1) is 12.8 Å². The molecule has 2 heterocycles. The first-order valence-electron chi connectivity index (χ1n) is 12.9. The third-order valence-electron chi connectivity index (χ3n) is 7.65. The number of benzene rings is 1. The van der Waals surface area contributed by atoms with E-state index >= 15 is 0 Å². The predicted octanol–water partition coefficient (Wildman–Crippen LogP) is 7.93. The second-order valence-corrected chi connectivity index (χ2v) is 13.6. The highest BCUT2D eigenvalue weighted by atomic mass is 32.1. The van der Waals surface area contributed by atoms with E-state index in [4.69, 9.17) is 9.15 Å². The average Bonchev–Trinajstić information content (AvgIpc) is 3.45. The number of aryl methyl sites for hydroxylation is 1. The molecular formula is C31H39NO4S. The lowest BCUT2D eigenvalue weighted by Gasteiger charge is -2.42. The summed E-state index contributed by atoms with van der Waals surface area (Å²) in [4.78, 5) is 26.8. The zero-order valence-corrected chi connectivity index (χ0v) is 24.4. The molecule has 0 fully saturated rings. The van der Waals surface area contributed by atoms with Gasteiger partial charge in [-0.1, -0.05) is 60.6 Å². The first-order chi connectivity index (χ1) is 17.1. The number of hydrogen-bond donors (Lipinski definition) is 1. The molecule has 0 atom stereocenters. The summed E-state index contributed by atoms with van der Waals surface area (Å²) in [6.45, 7) is 17.7. The summed E-state index contributed by atoms with van der Waals surface area (Å²) in [7, 11) is 1.34. The molecule has 0 bridgehead atoms. The van der Waals surface area contributed by atoms with Crippen LogP contribution in [0.2, 0.25) is 0 Å². The highest BCUT2D eigenvalue weighted by Gasteiger charge is 2.37. The molecule has 1 aliphatic rings. The molecule has 0 saturated heterocycles. The van der Waals surface area contributed by atoms with E-state index in [1.807, 2.05) is 12.1 Å². The predicted molar refractivity (Wildman–Crippen MR) is 150 cm³/mol. The van der Waals surface area contributed by atoms with E-state index in [9.17, 15) is 9.59 Å². The van der Waals surface area contributed by atoms with E-state index in [0.29, 0.717) is 17.0 Å². The Balaban J connectivity index is 1.57. The molecule has 0 saturated carbocycles. The van der Waals surface area contributed by atoms with Crippen molar-refractivity contribution in [1.82, 2.24) is 0 Å². The lowest BCUT2D eigenvalue weighted by molar-refractivity contribution is 0.0607. The molecule has 3 aromatic rings. The van der Waals surface area contributed by atoms with Crippen LogP contribution in [-0.4, -0.2) is 19.0 Å². The quantitative estimate of drug-likeness (QED) is 0.346. The van der Waals surface area contributed by atoms with Gasteiger partial charge in [-0.15, -0.1) is 11.3 Å². The molecule has 2 aromatic heterocycles. The first kappa shape index (κ1) is 27.2. The first-order valence-corrected chi connectivity index (χ1v) is 13.7. The van der Waals surface area contributed by atoms with Crippen molar-refractivity contribution in [1.29, 1.82) is 0 Å². The van der Waals surface area contributed by atoms with E-state index in [-0.39, 0.29) is 27.9 Å². The van der Waals surface area contributed by atoms with Crippen LogP contribution in [0.15, 0.2) is 34.7 Å². The van der Waals surface area contributed by atoms with Gasteiger partial charge in [0.2, 0.25) is 0 Å². The Morgan fingerprint density at radius 2 is 1.65 bits per heavy atom. The number of fused-ring (bicyclic) bond motifs is 1. The fraction of sp³-hybridized carbons (Fsp3) is 0.484. The average molecular weight is 522 g/mol. The number of methoxy groups -OCH3 is 1. The molecule has 0 spiro atoms. The molecule has 1 aliphatic carbocycles. The van der Waals surface area contributed by atoms with E-state index in [1.54, 1.807) is 6.07 Å². The van der Waals surface area contributed by atoms with Gasteiger partial charge in [-0.2, -0.15) is 0 Å². The number of hydrogen-bond acceptors (Lipinski definition) is 5. The van der Waals surface area contributed by atoms with Crippen LogP contribution < -0.4 is 5.32 Å². The van der Waals surface area contributed by atoms with Gasteiger partial charge in [-0.25, -0.2) is 4.79 Å². The van der Waals surface area contributed by atoms with Crippen molar-refractivity contribution in [2.24, 2.45) is 0 Å². The van der Waals surface area contributed by atoms with Crippen LogP contribution in [0, 0.1) is 6.92 Å². The number of nitrogens with one attached hydrogen (secondary N) is 1. The molecule has 198 valence electrons. The van der Waals surface area contributed by atoms with Crippen molar-refractivity contribution in [2.45, 2.75) is 90.9 Å². The summed E-state index contributed by atoms with van der Waals surface area (Å²) in [6, 6.07) is 10.1. The zero-order valence-electron chi connectivity index (χ0n) is 23.5. The van der Waals surface area contributed by atoms with Gasteiger partial charge in [-0.3, -0.25) is 4.79 Å². The molecule has 37 heavy (non-hydrogen) atoms. The van der Waals surface area contributed by atoms with E-state index in [2.05, 4.69) is 72.8 Å². The lowest BCUT2D eigenvalue weighted by atomic mass is 9.62. The maximum Gasteiger partial charge on any atom is 0.350 e. The molecule has 1 aromatic carbocycles. The number of rotatable bonds is 5. The molecule has 1 amide bonds. The van der Waals surface area contributed by atoms with Crippen molar-refractivity contribution >= 4 is 28.9 Å². The van der Waals surface area contributed by atoms with Gasteiger partial charge in [0.1, 0.15) is 10.6 Å². The van der Waals surface area contributed by atoms with Crippen molar-refractivity contribution in [3.8, 4) is 0 Å². The van der Waals surface area contributed by atoms with Crippen LogP contribution in [0.3, 0.4) is 0 Å². The monoisotopic (exact) mass is 521 g/mol. The molecule has 6 heteroatoms. The van der Waals surface area contributed by atoms with E-state index < -0.39 is 5.97 Å². The molecule has 0 radical (unpaired) electrons. The third kappa shape index (κ3) is 5.40. The van der Waals surface area contributed by atoms with Crippen LogP contribution in [-0.2, 0) is 27.4 Å². The van der Waals surface area contributed by atoms with Crippen molar-refractivity contribution < 1.29 is 18.7 Å². The van der Waals surface area contributed by atoms with Gasteiger partial charge >= 0.3 is 5.97 Å². The number of amides is 1. The Morgan fingerprint density at radius 3 is 2.24 bits per heavy atom. The number of carbonyl (C=O) groups is 2. The Labute approximate surface area is 224 Å². The minimum atomic E-state index is -0.468. The topological polar surface area (TPSA) is 68.5 Å². The van der Waals surface area contributed by atoms with Crippen LogP contribution >= 0.6 is 11.3 Å². The molecule has 1 N–H and O–H groups in total. The Bertz CT molecular complexity index is 1350. The summed E-state index contributed by atoms with van der Waals surface area (Å²) >= 11 is 1.34. The van der Waals surface area contributed by atoms with Crippen molar-refractivity contribution in [3.05, 3.63) is 73.9 Å². The van der Waals surface area contributed by atoms with Gasteiger partial charge in [0.25, 0.3) is 5.91 Å². The number of ether oxygens (including phenoxy) is 1. The van der Waals surface area contributed by atoms with Crippen LogP contribution in [0.5, 0.6) is 0 Å². The highest BCUT2D eigenvalue weighted by Crippen LogP contribution is 2.46.